The summed E-state index contributed by atoms with van der Waals surface area (Å²) in [5.74, 6) is 0.559. The molecular formula is C15H15N3O. The van der Waals surface area contributed by atoms with Crippen molar-refractivity contribution in [1.29, 1.82) is 5.26 Å². The van der Waals surface area contributed by atoms with Crippen molar-refractivity contribution in [2.24, 2.45) is 0 Å². The summed E-state index contributed by atoms with van der Waals surface area (Å²) in [5, 5.41) is 14.4. The molecule has 4 nitrogen and oxygen atoms in total. The highest BCUT2D eigenvalue weighted by Gasteiger charge is 2.16. The van der Waals surface area contributed by atoms with Crippen molar-refractivity contribution in [3.63, 3.8) is 0 Å². The van der Waals surface area contributed by atoms with E-state index in [0.717, 1.165) is 23.7 Å². The van der Waals surface area contributed by atoms with Gasteiger partial charge in [0.05, 0.1) is 17.0 Å². The Hall–Kier alpha value is -2.12. The number of nitrogens with zero attached hydrogens (tertiary/aromatic N) is 2. The summed E-state index contributed by atoms with van der Waals surface area (Å²) in [6.07, 6.45) is 4.05. The summed E-state index contributed by atoms with van der Waals surface area (Å²) in [5.41, 5.74) is 0.611. The predicted molar refractivity (Wildman–Crippen MR) is 73.0 cm³/mol. The van der Waals surface area contributed by atoms with E-state index in [9.17, 15) is 5.26 Å². The first kappa shape index (κ1) is 11.9. The second-order valence-electron chi connectivity index (χ2n) is 4.74. The highest BCUT2D eigenvalue weighted by Crippen LogP contribution is 2.26. The zero-order valence-electron chi connectivity index (χ0n) is 10.6. The fourth-order valence-corrected chi connectivity index (χ4v) is 2.48. The first-order valence-electron chi connectivity index (χ1n) is 6.52. The average Bonchev–Trinajstić information content (AvgIpc) is 2.97. The third-order valence-electron chi connectivity index (χ3n) is 3.46. The van der Waals surface area contributed by atoms with E-state index in [1.807, 2.05) is 18.2 Å². The minimum absolute atomic E-state index is 0.395. The molecule has 1 aliphatic rings. The number of ether oxygens (including phenoxy) is 1. The summed E-state index contributed by atoms with van der Waals surface area (Å²) in [4.78, 5) is 4.28. The van der Waals surface area contributed by atoms with Crippen molar-refractivity contribution in [3.05, 3.63) is 36.0 Å². The van der Waals surface area contributed by atoms with E-state index in [1.54, 1.807) is 12.3 Å². The number of benzene rings is 1. The van der Waals surface area contributed by atoms with E-state index in [2.05, 4.69) is 16.4 Å². The third-order valence-corrected chi connectivity index (χ3v) is 3.46. The third kappa shape index (κ3) is 2.38. The molecular weight excluding hydrogens is 238 g/mol. The molecule has 0 aliphatic carbocycles. The number of fused-ring (bicyclic) bond motifs is 1. The van der Waals surface area contributed by atoms with E-state index in [-0.39, 0.29) is 0 Å². The Labute approximate surface area is 112 Å². The van der Waals surface area contributed by atoms with Crippen LogP contribution >= 0.6 is 0 Å². The molecule has 0 radical (unpaired) electrons. The highest BCUT2D eigenvalue weighted by atomic mass is 16.5. The number of nitriles is 1. The number of hydrogen-bond acceptors (Lipinski definition) is 4. The molecule has 4 heteroatoms. The molecule has 3 rings (SSSR count). The molecule has 1 unspecified atom stereocenters. The van der Waals surface area contributed by atoms with Gasteiger partial charge >= 0.3 is 0 Å². The van der Waals surface area contributed by atoms with Gasteiger partial charge in [-0.15, -0.1) is 0 Å². The molecule has 0 bridgehead atoms. The summed E-state index contributed by atoms with van der Waals surface area (Å²) in [6.45, 7) is 1.66. The quantitative estimate of drug-likeness (QED) is 0.911. The van der Waals surface area contributed by atoms with E-state index >= 15 is 0 Å². The average molecular weight is 253 g/mol. The van der Waals surface area contributed by atoms with Crippen LogP contribution in [0.25, 0.3) is 10.8 Å². The van der Waals surface area contributed by atoms with Gasteiger partial charge in [0.15, 0.2) is 0 Å². The SMILES string of the molecule is N#Cc1cccc2ccnc(OCC3CCCN3)c12. The zero-order chi connectivity index (χ0) is 13.1. The molecule has 0 spiro atoms. The molecule has 0 saturated carbocycles. The number of nitrogens with one attached hydrogen (secondary N) is 1. The van der Waals surface area contributed by atoms with Crippen molar-refractivity contribution < 1.29 is 4.74 Å². The lowest BCUT2D eigenvalue weighted by molar-refractivity contribution is 0.271. The first-order chi connectivity index (χ1) is 9.38. The summed E-state index contributed by atoms with van der Waals surface area (Å²) >= 11 is 0. The molecule has 0 amide bonds. The highest BCUT2D eigenvalue weighted by molar-refractivity contribution is 5.91. The topological polar surface area (TPSA) is 57.9 Å². The second kappa shape index (κ2) is 5.25. The molecule has 1 saturated heterocycles. The number of rotatable bonds is 3. The van der Waals surface area contributed by atoms with Gasteiger partial charge in [0.2, 0.25) is 5.88 Å². The number of aromatic nitrogens is 1. The molecule has 2 heterocycles. The Kier molecular flexibility index (Phi) is 3.30. The fraction of sp³-hybridized carbons (Fsp3) is 0.333. The molecule has 1 aromatic heterocycles. The van der Waals surface area contributed by atoms with Gasteiger partial charge < -0.3 is 10.1 Å². The largest absolute Gasteiger partial charge is 0.476 e. The molecule has 1 fully saturated rings. The van der Waals surface area contributed by atoms with Crippen LogP contribution in [-0.2, 0) is 0 Å². The zero-order valence-corrected chi connectivity index (χ0v) is 10.6. The van der Waals surface area contributed by atoms with Crippen LogP contribution in [0.5, 0.6) is 5.88 Å². The lowest BCUT2D eigenvalue weighted by Crippen LogP contribution is -2.28. The lowest BCUT2D eigenvalue weighted by Gasteiger charge is -2.13. The Morgan fingerprint density at radius 1 is 1.42 bits per heavy atom. The Balaban J connectivity index is 1.92. The van der Waals surface area contributed by atoms with Gasteiger partial charge in [-0.3, -0.25) is 0 Å². The van der Waals surface area contributed by atoms with E-state index in [1.165, 1.54) is 6.42 Å². The van der Waals surface area contributed by atoms with Gasteiger partial charge in [0.1, 0.15) is 6.61 Å². The van der Waals surface area contributed by atoms with Crippen LogP contribution in [0.4, 0.5) is 0 Å². The fourth-order valence-electron chi connectivity index (χ4n) is 2.48. The van der Waals surface area contributed by atoms with Crippen LogP contribution in [0.2, 0.25) is 0 Å². The molecule has 1 aliphatic heterocycles. The molecule has 2 aromatic rings. The minimum Gasteiger partial charge on any atom is -0.476 e. The lowest BCUT2D eigenvalue weighted by atomic mass is 10.1. The Morgan fingerprint density at radius 2 is 2.37 bits per heavy atom. The summed E-state index contributed by atoms with van der Waals surface area (Å²) in [7, 11) is 0. The first-order valence-corrected chi connectivity index (χ1v) is 6.52. The normalized spacial score (nSPS) is 18.4. The monoisotopic (exact) mass is 253 g/mol. The smallest absolute Gasteiger partial charge is 0.222 e. The van der Waals surface area contributed by atoms with Crippen LogP contribution < -0.4 is 10.1 Å². The van der Waals surface area contributed by atoms with Crippen molar-refractivity contribution in [3.8, 4) is 11.9 Å². The van der Waals surface area contributed by atoms with Crippen LogP contribution in [0.3, 0.4) is 0 Å². The van der Waals surface area contributed by atoms with Gasteiger partial charge in [0.25, 0.3) is 0 Å². The Bertz CT molecular complexity index is 622. The van der Waals surface area contributed by atoms with Gasteiger partial charge in [-0.25, -0.2) is 4.98 Å². The van der Waals surface area contributed by atoms with Crippen molar-refractivity contribution >= 4 is 10.8 Å². The molecule has 19 heavy (non-hydrogen) atoms. The second-order valence-corrected chi connectivity index (χ2v) is 4.74. The van der Waals surface area contributed by atoms with Crippen LogP contribution in [0.15, 0.2) is 30.5 Å². The molecule has 96 valence electrons. The van der Waals surface area contributed by atoms with Crippen molar-refractivity contribution in [2.45, 2.75) is 18.9 Å². The van der Waals surface area contributed by atoms with E-state index in [0.29, 0.717) is 24.1 Å². The number of pyridine rings is 1. The van der Waals surface area contributed by atoms with E-state index in [4.69, 9.17) is 4.74 Å². The molecule has 1 atom stereocenters. The van der Waals surface area contributed by atoms with Crippen LogP contribution in [0.1, 0.15) is 18.4 Å². The maximum Gasteiger partial charge on any atom is 0.222 e. The minimum atomic E-state index is 0.395. The standard InChI is InChI=1S/C15H15N3O/c16-9-12-4-1-3-11-6-8-18-15(14(11)12)19-10-13-5-2-7-17-13/h1,3-4,6,8,13,17H,2,5,7,10H2. The molecule has 1 aromatic carbocycles. The van der Waals surface area contributed by atoms with Crippen LogP contribution in [0, 0.1) is 11.3 Å². The van der Waals surface area contributed by atoms with Gasteiger partial charge in [-0.2, -0.15) is 5.26 Å². The van der Waals surface area contributed by atoms with Gasteiger partial charge in [-0.05, 0) is 36.9 Å². The van der Waals surface area contributed by atoms with Crippen LogP contribution in [-0.4, -0.2) is 24.2 Å². The van der Waals surface area contributed by atoms with Crippen molar-refractivity contribution in [2.75, 3.05) is 13.2 Å². The van der Waals surface area contributed by atoms with Gasteiger partial charge in [-0.1, -0.05) is 12.1 Å². The predicted octanol–water partition coefficient (Wildman–Crippen LogP) is 2.24. The van der Waals surface area contributed by atoms with E-state index < -0.39 is 0 Å². The summed E-state index contributed by atoms with van der Waals surface area (Å²) < 4.78 is 5.82. The maximum absolute atomic E-state index is 9.19. The number of hydrogen-bond donors (Lipinski definition) is 1. The maximum atomic E-state index is 9.19. The van der Waals surface area contributed by atoms with Gasteiger partial charge in [0, 0.05) is 12.2 Å². The van der Waals surface area contributed by atoms with Crippen molar-refractivity contribution in [1.82, 2.24) is 10.3 Å². The molecule has 1 N–H and O–H groups in total. The summed E-state index contributed by atoms with van der Waals surface area (Å²) in [6, 6.07) is 10.1. The Morgan fingerprint density at radius 3 is 3.16 bits per heavy atom.